The Bertz CT molecular complexity index is 610. The zero-order valence-corrected chi connectivity index (χ0v) is 12.1. The molecule has 114 valence electrons. The Morgan fingerprint density at radius 1 is 1.52 bits per heavy atom. The molecule has 0 amide bonds. The van der Waals surface area contributed by atoms with Gasteiger partial charge in [0, 0.05) is 24.7 Å². The van der Waals surface area contributed by atoms with Gasteiger partial charge in [-0.3, -0.25) is 0 Å². The topological polar surface area (TPSA) is 73.3 Å². The van der Waals surface area contributed by atoms with E-state index in [4.69, 9.17) is 14.9 Å². The maximum atomic E-state index is 12.4. The molecule has 6 heteroatoms. The smallest absolute Gasteiger partial charge is 0.295 e. The number of nitrogens with one attached hydrogen (secondary N) is 1. The number of aromatic nitrogens is 1. The van der Waals surface area contributed by atoms with Crippen molar-refractivity contribution >= 4 is 17.1 Å². The molecular weight excluding hydrogens is 273 g/mol. The standard InChI is InChI=1S/C15H20FN3O2/c1-2-3-6-18-15-19-13-5-4-12(7-14(13)21-15)20-10-11(8-16)9-17/h4-5,7-8H,2-3,6,9-10,17H2,1H3,(H,18,19)/b11-8-. The molecule has 5 nitrogen and oxygen atoms in total. The summed E-state index contributed by atoms with van der Waals surface area (Å²) in [6, 6.07) is 5.81. The summed E-state index contributed by atoms with van der Waals surface area (Å²) in [4.78, 5) is 4.33. The molecule has 0 bridgehead atoms. The highest BCUT2D eigenvalue weighted by Gasteiger charge is 2.07. The van der Waals surface area contributed by atoms with Crippen LogP contribution in [0.2, 0.25) is 0 Å². The summed E-state index contributed by atoms with van der Waals surface area (Å²) in [5.74, 6) is 0.589. The molecule has 1 heterocycles. The number of nitrogens with zero attached hydrogens (tertiary/aromatic N) is 1. The number of nitrogens with two attached hydrogens (primary N) is 1. The Labute approximate surface area is 123 Å². The van der Waals surface area contributed by atoms with E-state index in [9.17, 15) is 4.39 Å². The van der Waals surface area contributed by atoms with E-state index in [-0.39, 0.29) is 13.2 Å². The van der Waals surface area contributed by atoms with Crippen LogP contribution >= 0.6 is 0 Å². The Kier molecular flexibility index (Phi) is 5.57. The predicted octanol–water partition coefficient (Wildman–Crippen LogP) is 3.23. The fourth-order valence-corrected chi connectivity index (χ4v) is 1.75. The van der Waals surface area contributed by atoms with Gasteiger partial charge in [-0.25, -0.2) is 4.39 Å². The van der Waals surface area contributed by atoms with Crippen molar-refractivity contribution in [3.05, 3.63) is 30.1 Å². The largest absolute Gasteiger partial charge is 0.489 e. The van der Waals surface area contributed by atoms with Crippen molar-refractivity contribution in [2.45, 2.75) is 19.8 Å². The van der Waals surface area contributed by atoms with Crippen molar-refractivity contribution < 1.29 is 13.5 Å². The molecule has 0 fully saturated rings. The Morgan fingerprint density at radius 3 is 3.10 bits per heavy atom. The average Bonchev–Trinajstić information content (AvgIpc) is 2.90. The lowest BCUT2D eigenvalue weighted by Crippen LogP contribution is -2.10. The number of hydrogen-bond donors (Lipinski definition) is 2. The molecule has 0 radical (unpaired) electrons. The van der Waals surface area contributed by atoms with Crippen LogP contribution in [-0.4, -0.2) is 24.7 Å². The number of oxazole rings is 1. The molecule has 0 unspecified atom stereocenters. The van der Waals surface area contributed by atoms with E-state index in [1.807, 2.05) is 0 Å². The van der Waals surface area contributed by atoms with Gasteiger partial charge in [0.25, 0.3) is 6.01 Å². The first-order chi connectivity index (χ1) is 10.3. The average molecular weight is 293 g/mol. The van der Waals surface area contributed by atoms with Crippen molar-refractivity contribution in [1.82, 2.24) is 4.98 Å². The van der Waals surface area contributed by atoms with E-state index in [0.717, 1.165) is 24.9 Å². The first-order valence-electron chi connectivity index (χ1n) is 7.02. The molecule has 0 saturated carbocycles. The molecule has 0 saturated heterocycles. The summed E-state index contributed by atoms with van der Waals surface area (Å²) in [6.45, 7) is 3.20. The molecule has 2 aromatic rings. The number of anilines is 1. The van der Waals surface area contributed by atoms with Gasteiger partial charge in [0.15, 0.2) is 5.58 Å². The molecule has 0 aliphatic carbocycles. The fraction of sp³-hybridized carbons (Fsp3) is 0.400. The minimum absolute atomic E-state index is 0.119. The second-order valence-electron chi connectivity index (χ2n) is 4.69. The molecule has 0 spiro atoms. The van der Waals surface area contributed by atoms with Gasteiger partial charge in [-0.15, -0.1) is 0 Å². The van der Waals surface area contributed by atoms with E-state index < -0.39 is 0 Å². The van der Waals surface area contributed by atoms with Crippen LogP contribution in [0, 0.1) is 0 Å². The minimum atomic E-state index is 0.119. The highest BCUT2D eigenvalue weighted by molar-refractivity contribution is 5.76. The molecule has 0 aliphatic rings. The molecular formula is C15H20FN3O2. The van der Waals surface area contributed by atoms with Crippen LogP contribution in [0.3, 0.4) is 0 Å². The Hall–Kier alpha value is -2.08. The monoisotopic (exact) mass is 293 g/mol. The summed E-state index contributed by atoms with van der Waals surface area (Å²) in [7, 11) is 0. The van der Waals surface area contributed by atoms with Crippen LogP contribution in [0.5, 0.6) is 5.75 Å². The van der Waals surface area contributed by atoms with Crippen molar-refractivity contribution in [1.29, 1.82) is 0 Å². The van der Waals surface area contributed by atoms with Gasteiger partial charge in [0.2, 0.25) is 0 Å². The van der Waals surface area contributed by atoms with Crippen molar-refractivity contribution in [2.24, 2.45) is 5.73 Å². The third-order valence-electron chi connectivity index (χ3n) is 3.01. The minimum Gasteiger partial charge on any atom is -0.489 e. The second kappa shape index (κ2) is 7.64. The van der Waals surface area contributed by atoms with Crippen LogP contribution in [-0.2, 0) is 0 Å². The Morgan fingerprint density at radius 2 is 2.38 bits per heavy atom. The van der Waals surface area contributed by atoms with Gasteiger partial charge in [-0.2, -0.15) is 4.98 Å². The SMILES string of the molecule is CCCCNc1nc2ccc(OC/C(=C\F)CN)cc2o1. The normalized spacial score (nSPS) is 11.9. The first-order valence-corrected chi connectivity index (χ1v) is 7.02. The van der Waals surface area contributed by atoms with Crippen LogP contribution < -0.4 is 15.8 Å². The predicted molar refractivity (Wildman–Crippen MR) is 81.1 cm³/mol. The van der Waals surface area contributed by atoms with E-state index in [2.05, 4.69) is 17.2 Å². The zero-order valence-electron chi connectivity index (χ0n) is 12.1. The van der Waals surface area contributed by atoms with Gasteiger partial charge >= 0.3 is 0 Å². The van der Waals surface area contributed by atoms with Crippen LogP contribution in [0.4, 0.5) is 10.4 Å². The van der Waals surface area contributed by atoms with Gasteiger partial charge in [-0.1, -0.05) is 13.3 Å². The summed E-state index contributed by atoms with van der Waals surface area (Å²) in [5, 5.41) is 3.13. The van der Waals surface area contributed by atoms with Gasteiger partial charge in [0.1, 0.15) is 17.9 Å². The molecule has 0 aliphatic heterocycles. The lowest BCUT2D eigenvalue weighted by Gasteiger charge is -2.06. The lowest BCUT2D eigenvalue weighted by molar-refractivity contribution is 0.347. The highest BCUT2D eigenvalue weighted by atomic mass is 19.1. The van der Waals surface area contributed by atoms with Crippen LogP contribution in [0.25, 0.3) is 11.1 Å². The summed E-state index contributed by atoms with van der Waals surface area (Å²) in [5.41, 5.74) is 7.15. The first kappa shape index (κ1) is 15.3. The number of rotatable bonds is 8. The van der Waals surface area contributed by atoms with E-state index in [0.29, 0.717) is 29.3 Å². The summed E-state index contributed by atoms with van der Waals surface area (Å²) in [6.07, 6.45) is 2.64. The maximum absolute atomic E-state index is 12.4. The molecule has 1 aromatic heterocycles. The summed E-state index contributed by atoms with van der Waals surface area (Å²) < 4.78 is 23.5. The van der Waals surface area contributed by atoms with E-state index in [1.165, 1.54) is 0 Å². The van der Waals surface area contributed by atoms with E-state index in [1.54, 1.807) is 18.2 Å². The van der Waals surface area contributed by atoms with Crippen molar-refractivity contribution in [3.63, 3.8) is 0 Å². The number of ether oxygens (including phenoxy) is 1. The number of halogens is 1. The maximum Gasteiger partial charge on any atom is 0.295 e. The lowest BCUT2D eigenvalue weighted by atomic mass is 10.3. The van der Waals surface area contributed by atoms with Gasteiger partial charge < -0.3 is 20.2 Å². The van der Waals surface area contributed by atoms with Gasteiger partial charge in [-0.05, 0) is 18.6 Å². The quantitative estimate of drug-likeness (QED) is 0.731. The number of unbranched alkanes of at least 4 members (excludes halogenated alkanes) is 1. The second-order valence-corrected chi connectivity index (χ2v) is 4.69. The Balaban J connectivity index is 2.03. The molecule has 0 atom stereocenters. The fourth-order valence-electron chi connectivity index (χ4n) is 1.75. The van der Waals surface area contributed by atoms with Crippen molar-refractivity contribution in [2.75, 3.05) is 25.0 Å². The molecule has 1 aromatic carbocycles. The molecule has 3 N–H and O–H groups in total. The third-order valence-corrected chi connectivity index (χ3v) is 3.01. The van der Waals surface area contributed by atoms with E-state index >= 15 is 0 Å². The van der Waals surface area contributed by atoms with Gasteiger partial charge in [0.05, 0.1) is 6.33 Å². The number of hydrogen-bond acceptors (Lipinski definition) is 5. The van der Waals surface area contributed by atoms with Crippen LogP contribution in [0.15, 0.2) is 34.5 Å². The van der Waals surface area contributed by atoms with Crippen LogP contribution in [0.1, 0.15) is 19.8 Å². The van der Waals surface area contributed by atoms with Crippen molar-refractivity contribution in [3.8, 4) is 5.75 Å². The number of fused-ring (bicyclic) bond motifs is 1. The number of benzene rings is 1. The third kappa shape index (κ3) is 4.19. The molecule has 21 heavy (non-hydrogen) atoms. The highest BCUT2D eigenvalue weighted by Crippen LogP contribution is 2.24. The molecule has 2 rings (SSSR count). The zero-order chi connectivity index (χ0) is 15.1. The summed E-state index contributed by atoms with van der Waals surface area (Å²) >= 11 is 0.